The molecular formula is C34H41BN2O5S. The van der Waals surface area contributed by atoms with Gasteiger partial charge in [-0.1, -0.05) is 93.8 Å². The van der Waals surface area contributed by atoms with Crippen molar-refractivity contribution in [3.8, 4) is 0 Å². The van der Waals surface area contributed by atoms with Crippen LogP contribution >= 0.6 is 0 Å². The van der Waals surface area contributed by atoms with Crippen LogP contribution in [0.1, 0.15) is 57.9 Å². The molecule has 4 aliphatic carbocycles. The number of rotatable bonds is 10. The van der Waals surface area contributed by atoms with Crippen LogP contribution in [0.2, 0.25) is 0 Å². The average molecular weight is 601 g/mol. The fraction of sp³-hybridized carbons (Fsp3) is 0.500. The molecule has 4 saturated carbocycles. The zero-order chi connectivity index (χ0) is 29.8. The largest absolute Gasteiger partial charge is 0.481 e. The fourth-order valence-corrected chi connectivity index (χ4v) is 9.02. The Kier molecular flexibility index (Phi) is 7.65. The highest BCUT2D eigenvalue weighted by Gasteiger charge is 2.63. The molecule has 1 unspecified atom stereocenters. The van der Waals surface area contributed by atoms with Crippen LogP contribution < -0.4 is 10.0 Å². The lowest BCUT2D eigenvalue weighted by Crippen LogP contribution is -2.59. The lowest BCUT2D eigenvalue weighted by atomic mass is 9.47. The van der Waals surface area contributed by atoms with E-state index in [0.717, 1.165) is 42.0 Å². The van der Waals surface area contributed by atoms with Crippen LogP contribution in [0.25, 0.3) is 10.8 Å². The van der Waals surface area contributed by atoms with Crippen molar-refractivity contribution in [2.24, 2.45) is 23.2 Å². The lowest BCUT2D eigenvalue weighted by Gasteiger charge is -2.60. The molecule has 6 atom stereocenters. The molecule has 43 heavy (non-hydrogen) atoms. The average Bonchev–Trinajstić information content (AvgIpc) is 3.42. The third-order valence-corrected chi connectivity index (χ3v) is 12.3. The van der Waals surface area contributed by atoms with Crippen LogP contribution in [0, 0.1) is 23.2 Å². The molecule has 0 aromatic heterocycles. The van der Waals surface area contributed by atoms with Crippen LogP contribution in [0.4, 0.5) is 0 Å². The maximum absolute atomic E-state index is 14.1. The molecule has 7 nitrogen and oxygen atoms in total. The summed E-state index contributed by atoms with van der Waals surface area (Å²) in [7, 11) is -4.52. The second-order valence-electron chi connectivity index (χ2n) is 13.8. The molecule has 1 amide bonds. The minimum atomic E-state index is -3.99. The first-order valence-electron chi connectivity index (χ1n) is 15.8. The number of fused-ring (bicyclic) bond motifs is 1. The normalized spacial score (nSPS) is 27.5. The van der Waals surface area contributed by atoms with Crippen LogP contribution in [-0.4, -0.2) is 45.6 Å². The van der Waals surface area contributed by atoms with Gasteiger partial charge in [0, 0.05) is 0 Å². The third-order valence-electron chi connectivity index (χ3n) is 10.8. The van der Waals surface area contributed by atoms with Gasteiger partial charge < -0.3 is 14.6 Å². The van der Waals surface area contributed by atoms with Crippen molar-refractivity contribution in [1.29, 1.82) is 0 Å². The summed E-state index contributed by atoms with van der Waals surface area (Å²) in [5.74, 6) is 0.935. The molecule has 3 aromatic carbocycles. The molecule has 2 N–H and O–H groups in total. The van der Waals surface area contributed by atoms with E-state index >= 15 is 0 Å². The maximum atomic E-state index is 14.1. The van der Waals surface area contributed by atoms with Crippen LogP contribution in [0.3, 0.4) is 0 Å². The van der Waals surface area contributed by atoms with E-state index in [1.807, 2.05) is 54.6 Å². The molecular weight excluding hydrogens is 559 g/mol. The van der Waals surface area contributed by atoms with E-state index in [9.17, 15) is 13.2 Å². The molecule has 0 radical (unpaired) electrons. The Morgan fingerprint density at radius 3 is 2.44 bits per heavy atom. The molecule has 226 valence electrons. The number of benzene rings is 3. The molecule has 1 heterocycles. The van der Waals surface area contributed by atoms with Gasteiger partial charge in [-0.05, 0) is 77.3 Å². The highest BCUT2D eigenvalue weighted by Crippen LogP contribution is 2.61. The van der Waals surface area contributed by atoms with E-state index in [-0.39, 0.29) is 40.8 Å². The number of nitrogens with one attached hydrogen (secondary N) is 2. The summed E-state index contributed by atoms with van der Waals surface area (Å²) in [6, 6.07) is 21.2. The first-order valence-corrected chi connectivity index (χ1v) is 17.3. The Morgan fingerprint density at radius 2 is 1.72 bits per heavy atom. The van der Waals surface area contributed by atoms with E-state index in [2.05, 4.69) is 23.9 Å². The molecule has 5 aliphatic rings. The highest BCUT2D eigenvalue weighted by molar-refractivity contribution is 7.89. The topological polar surface area (TPSA) is 93.7 Å². The number of hydrogen-bond donors (Lipinski definition) is 2. The van der Waals surface area contributed by atoms with Gasteiger partial charge >= 0.3 is 7.12 Å². The zero-order valence-electron chi connectivity index (χ0n) is 24.9. The van der Waals surface area contributed by atoms with Gasteiger partial charge in [0.15, 0.2) is 0 Å². The molecule has 1 aliphatic heterocycles. The number of sulfonamides is 1. The first kappa shape index (κ1) is 29.0. The van der Waals surface area contributed by atoms with Gasteiger partial charge in [0.25, 0.3) is 0 Å². The smallest absolute Gasteiger partial charge is 0.404 e. The Morgan fingerprint density at radius 1 is 0.977 bits per heavy atom. The summed E-state index contributed by atoms with van der Waals surface area (Å²) in [6.45, 7) is 4.67. The van der Waals surface area contributed by atoms with Crippen LogP contribution in [0.5, 0.6) is 0 Å². The minimum Gasteiger partial charge on any atom is -0.404 e. The summed E-state index contributed by atoms with van der Waals surface area (Å²) in [5.41, 5.74) is 1.13. The van der Waals surface area contributed by atoms with Gasteiger partial charge in [-0.25, -0.2) is 8.42 Å². The summed E-state index contributed by atoms with van der Waals surface area (Å²) in [5, 5.41) is 5.01. The van der Waals surface area contributed by atoms with Crippen molar-refractivity contribution in [3.05, 3.63) is 78.4 Å². The lowest BCUT2D eigenvalue weighted by molar-refractivity contribution is -0.150. The van der Waals surface area contributed by atoms with Crippen LogP contribution in [-0.2, 0) is 30.5 Å². The quantitative estimate of drug-likeness (QED) is 0.309. The van der Waals surface area contributed by atoms with Crippen molar-refractivity contribution in [2.45, 2.75) is 87.9 Å². The Balaban J connectivity index is 1.12. The fourth-order valence-electron chi connectivity index (χ4n) is 7.79. The minimum absolute atomic E-state index is 0.0531. The third kappa shape index (κ3) is 5.65. The Hall–Kier alpha value is -2.72. The van der Waals surface area contributed by atoms with Gasteiger partial charge in [0.05, 0.1) is 23.0 Å². The summed E-state index contributed by atoms with van der Waals surface area (Å²) >= 11 is 0. The van der Waals surface area contributed by atoms with Crippen molar-refractivity contribution < 1.29 is 22.5 Å². The predicted octanol–water partition coefficient (Wildman–Crippen LogP) is 5.28. The van der Waals surface area contributed by atoms with Gasteiger partial charge in [-0.15, -0.1) is 0 Å². The number of hydrogen-bond acceptors (Lipinski definition) is 5. The molecule has 9 heteroatoms. The van der Waals surface area contributed by atoms with E-state index < -0.39 is 23.2 Å². The number of carbonyl (C=O) groups excluding carboxylic acids is 1. The van der Waals surface area contributed by atoms with Crippen molar-refractivity contribution in [2.75, 3.05) is 0 Å². The van der Waals surface area contributed by atoms with Crippen molar-refractivity contribution >= 4 is 33.8 Å². The molecule has 1 saturated heterocycles. The molecule has 8 rings (SSSR count). The van der Waals surface area contributed by atoms with Crippen molar-refractivity contribution in [1.82, 2.24) is 10.0 Å². The van der Waals surface area contributed by atoms with Gasteiger partial charge in [0.1, 0.15) is 6.04 Å². The van der Waals surface area contributed by atoms with Crippen molar-refractivity contribution in [3.63, 3.8) is 0 Å². The zero-order valence-corrected chi connectivity index (χ0v) is 25.8. The van der Waals surface area contributed by atoms with E-state index in [0.29, 0.717) is 17.8 Å². The second kappa shape index (κ2) is 11.3. The summed E-state index contributed by atoms with van der Waals surface area (Å²) in [6.07, 6.45) is 6.75. The molecule has 5 fully saturated rings. The highest BCUT2D eigenvalue weighted by atomic mass is 32.2. The second-order valence-corrected chi connectivity index (χ2v) is 15.5. The first-order chi connectivity index (χ1) is 20.7. The predicted molar refractivity (Wildman–Crippen MR) is 168 cm³/mol. The maximum Gasteiger partial charge on any atom is 0.481 e. The number of carbonyl (C=O) groups is 1. The molecule has 3 aromatic rings. The van der Waals surface area contributed by atoms with Gasteiger partial charge in [-0.2, -0.15) is 4.72 Å². The van der Waals surface area contributed by atoms with Crippen LogP contribution in [0.15, 0.2) is 77.7 Å². The number of amides is 1. The summed E-state index contributed by atoms with van der Waals surface area (Å²) < 4.78 is 43.3. The van der Waals surface area contributed by atoms with E-state index in [4.69, 9.17) is 9.31 Å². The van der Waals surface area contributed by atoms with Gasteiger partial charge in [-0.3, -0.25) is 4.79 Å². The van der Waals surface area contributed by atoms with Gasteiger partial charge in [0.2, 0.25) is 15.9 Å². The molecule has 2 bridgehead atoms. The standard InChI is InChI=1S/C34H41BN2O5S/c1-34(2)26-20-28(34)32-30(21-26)41-35(42-32)31(18-23-11-8-12-23)36-33(38)29(17-22-9-4-3-5-10-22)37-43(39,40)27-16-15-24-13-6-7-14-25(24)19-27/h3-7,9-10,13-16,19,23,26,28-32,37H,8,11-12,17-18,20-21H2,1-2H3,(H,36,38)/t26-,28+,29-,30+,31-,32?/m0/s1. The monoisotopic (exact) mass is 600 g/mol. The SMILES string of the molecule is CC1(C)[C@H]2C[C@@H]1C1OB([C@H](CC3CCC3)NC(=O)[C@H](Cc3ccccc3)NS(=O)(=O)c3ccc4ccccc4c3)O[C@@H]1C2. The Bertz CT molecular complexity index is 1590. The van der Waals surface area contributed by atoms with E-state index in [1.54, 1.807) is 18.2 Å². The Labute approximate surface area is 255 Å². The van der Waals surface area contributed by atoms with E-state index in [1.165, 1.54) is 12.8 Å². The summed E-state index contributed by atoms with van der Waals surface area (Å²) in [4.78, 5) is 14.2. The molecule has 0 spiro atoms.